The predicted octanol–water partition coefficient (Wildman–Crippen LogP) is 6.66. The number of carbonyl (C=O) groups is 3. The Kier molecular flexibility index (Phi) is 6.76. The number of amides is 2. The zero-order valence-corrected chi connectivity index (χ0v) is 23.7. The van der Waals surface area contributed by atoms with Crippen LogP contribution in [0, 0.1) is 0 Å². The van der Waals surface area contributed by atoms with Gasteiger partial charge in [-0.15, -0.1) is 0 Å². The van der Waals surface area contributed by atoms with E-state index in [9.17, 15) is 19.5 Å². The standard InChI is InChI=1S/C33H33N5O5/c39-30(20-8-11-28-26(17-20)36-29(21-12-15-43-19-21)38(28)24-6-2-1-3-7-24)37-33(13-4-5-14-33)32(42)34-23-9-10-25-22(16-23)18-27(35-25)31(40)41/h8-12,15-19,24,35H,1-7,13-14H2,(H,34,42)(H,37,39)(H,40,41). The van der Waals surface area contributed by atoms with Crippen molar-refractivity contribution >= 4 is 45.4 Å². The van der Waals surface area contributed by atoms with Gasteiger partial charge < -0.3 is 29.7 Å². The van der Waals surface area contributed by atoms with Crippen LogP contribution >= 0.6 is 0 Å². The number of nitrogens with one attached hydrogen (secondary N) is 3. The molecular formula is C33H33N5O5. The highest BCUT2D eigenvalue weighted by Gasteiger charge is 2.42. The van der Waals surface area contributed by atoms with Gasteiger partial charge in [-0.1, -0.05) is 32.1 Å². The van der Waals surface area contributed by atoms with Crippen molar-refractivity contribution in [3.8, 4) is 11.4 Å². The third kappa shape index (κ3) is 4.96. The number of nitrogens with zero attached hydrogens (tertiary/aromatic N) is 2. The Labute approximate surface area is 247 Å². The third-order valence-corrected chi connectivity index (χ3v) is 9.02. The number of carboxylic acids is 1. The number of hydrogen-bond acceptors (Lipinski definition) is 5. The minimum atomic E-state index is -1.05. The monoisotopic (exact) mass is 579 g/mol. The van der Waals surface area contributed by atoms with Crippen LogP contribution in [-0.2, 0) is 4.79 Å². The molecule has 220 valence electrons. The molecule has 2 aliphatic carbocycles. The maximum Gasteiger partial charge on any atom is 0.352 e. The second-order valence-electron chi connectivity index (χ2n) is 11.8. The molecule has 2 aliphatic rings. The molecule has 0 atom stereocenters. The topological polar surface area (TPSA) is 142 Å². The number of imidazole rings is 1. The number of carboxylic acid groups (broad SMARTS) is 1. The molecule has 5 aromatic rings. The van der Waals surface area contributed by atoms with E-state index in [-0.39, 0.29) is 17.5 Å². The van der Waals surface area contributed by atoms with Crippen LogP contribution in [0.25, 0.3) is 33.3 Å². The first-order valence-electron chi connectivity index (χ1n) is 14.9. The molecule has 0 aliphatic heterocycles. The number of anilines is 1. The molecule has 0 radical (unpaired) electrons. The van der Waals surface area contributed by atoms with Gasteiger partial charge in [0.1, 0.15) is 23.3 Å². The molecule has 43 heavy (non-hydrogen) atoms. The summed E-state index contributed by atoms with van der Waals surface area (Å²) in [6.07, 6.45) is 11.9. The number of hydrogen-bond donors (Lipinski definition) is 4. The molecule has 2 fully saturated rings. The fourth-order valence-corrected chi connectivity index (χ4v) is 6.80. The van der Waals surface area contributed by atoms with Gasteiger partial charge in [-0.05, 0) is 74.2 Å². The first-order valence-corrected chi connectivity index (χ1v) is 14.9. The van der Waals surface area contributed by atoms with Gasteiger partial charge in [0.25, 0.3) is 5.91 Å². The molecule has 2 amide bonds. The Morgan fingerprint density at radius 3 is 2.53 bits per heavy atom. The zero-order chi connectivity index (χ0) is 29.6. The fourth-order valence-electron chi connectivity index (χ4n) is 6.80. The van der Waals surface area contributed by atoms with E-state index in [1.807, 2.05) is 24.3 Å². The van der Waals surface area contributed by atoms with E-state index >= 15 is 0 Å². The first-order chi connectivity index (χ1) is 20.9. The number of H-pyrrole nitrogens is 1. The number of aromatic amines is 1. The molecule has 7 rings (SSSR count). The lowest BCUT2D eigenvalue weighted by Crippen LogP contribution is -2.55. The van der Waals surface area contributed by atoms with Gasteiger partial charge in [0.2, 0.25) is 5.91 Å². The Bertz CT molecular complexity index is 1840. The summed E-state index contributed by atoms with van der Waals surface area (Å²) in [5.41, 5.74) is 3.32. The van der Waals surface area contributed by atoms with Crippen LogP contribution in [0.15, 0.2) is 65.5 Å². The average molecular weight is 580 g/mol. The molecule has 4 N–H and O–H groups in total. The van der Waals surface area contributed by atoms with Crippen molar-refractivity contribution in [3.05, 3.63) is 72.3 Å². The number of benzene rings is 2. The van der Waals surface area contributed by atoms with Gasteiger partial charge in [0, 0.05) is 28.2 Å². The van der Waals surface area contributed by atoms with Crippen LogP contribution in [-0.4, -0.2) is 43.0 Å². The zero-order valence-electron chi connectivity index (χ0n) is 23.7. The smallest absolute Gasteiger partial charge is 0.352 e. The van der Waals surface area contributed by atoms with Crippen molar-refractivity contribution in [2.45, 2.75) is 69.4 Å². The van der Waals surface area contributed by atoms with E-state index < -0.39 is 11.5 Å². The molecule has 0 saturated heterocycles. The quantitative estimate of drug-likeness (QED) is 0.170. The van der Waals surface area contributed by atoms with Gasteiger partial charge in [-0.25, -0.2) is 9.78 Å². The summed E-state index contributed by atoms with van der Waals surface area (Å²) >= 11 is 0. The van der Waals surface area contributed by atoms with Crippen LogP contribution in [0.1, 0.15) is 84.7 Å². The number of aromatic nitrogens is 3. The van der Waals surface area contributed by atoms with E-state index in [1.165, 1.54) is 25.3 Å². The molecule has 0 spiro atoms. The van der Waals surface area contributed by atoms with E-state index in [2.05, 4.69) is 20.2 Å². The lowest BCUT2D eigenvalue weighted by molar-refractivity contribution is -0.122. The molecule has 3 aromatic heterocycles. The van der Waals surface area contributed by atoms with Crippen molar-refractivity contribution in [1.29, 1.82) is 0 Å². The normalized spacial score (nSPS) is 16.9. The van der Waals surface area contributed by atoms with Crippen molar-refractivity contribution < 1.29 is 23.9 Å². The first kappa shape index (κ1) is 27.0. The number of aromatic carboxylic acids is 1. The number of fused-ring (bicyclic) bond motifs is 2. The van der Waals surface area contributed by atoms with Gasteiger partial charge in [-0.2, -0.15) is 0 Å². The summed E-state index contributed by atoms with van der Waals surface area (Å²) in [5.74, 6) is -0.805. The molecular weight excluding hydrogens is 546 g/mol. The molecule has 2 saturated carbocycles. The Balaban J connectivity index is 1.15. The summed E-state index contributed by atoms with van der Waals surface area (Å²) in [4.78, 5) is 46.5. The Hall–Kier alpha value is -4.86. The van der Waals surface area contributed by atoms with Gasteiger partial charge >= 0.3 is 5.97 Å². The maximum atomic E-state index is 13.7. The van der Waals surface area contributed by atoms with Crippen molar-refractivity contribution in [2.75, 3.05) is 5.32 Å². The van der Waals surface area contributed by atoms with Crippen LogP contribution in [0.2, 0.25) is 0 Å². The second-order valence-corrected chi connectivity index (χ2v) is 11.8. The SMILES string of the molecule is O=C(NC1(C(=O)Nc2ccc3[nH]c(C(=O)O)cc3c2)CCCC1)c1ccc2c(c1)nc(-c1ccoc1)n2C1CCCCC1. The summed E-state index contributed by atoms with van der Waals surface area (Å²) in [6, 6.07) is 14.6. The van der Waals surface area contributed by atoms with Crippen molar-refractivity contribution in [1.82, 2.24) is 19.9 Å². The van der Waals surface area contributed by atoms with Gasteiger partial charge in [0.05, 0.1) is 22.9 Å². The second kappa shape index (κ2) is 10.8. The van der Waals surface area contributed by atoms with E-state index in [0.29, 0.717) is 41.0 Å². The van der Waals surface area contributed by atoms with Crippen molar-refractivity contribution in [2.24, 2.45) is 0 Å². The highest BCUT2D eigenvalue weighted by atomic mass is 16.4. The Morgan fingerprint density at radius 1 is 0.977 bits per heavy atom. The minimum absolute atomic E-state index is 0.0791. The van der Waals surface area contributed by atoms with E-state index in [0.717, 1.165) is 48.1 Å². The summed E-state index contributed by atoms with van der Waals surface area (Å²) < 4.78 is 7.67. The maximum absolute atomic E-state index is 13.7. The molecule has 3 heterocycles. The minimum Gasteiger partial charge on any atom is -0.477 e. The molecule has 2 aromatic carbocycles. The molecule has 10 heteroatoms. The number of carbonyl (C=O) groups excluding carboxylic acids is 2. The van der Waals surface area contributed by atoms with Crippen LogP contribution in [0.4, 0.5) is 5.69 Å². The van der Waals surface area contributed by atoms with Gasteiger partial charge in [0.15, 0.2) is 0 Å². The fraction of sp³-hybridized carbons (Fsp3) is 0.333. The average Bonchev–Trinajstić information content (AvgIpc) is 3.82. The van der Waals surface area contributed by atoms with Gasteiger partial charge in [-0.3, -0.25) is 9.59 Å². The van der Waals surface area contributed by atoms with Crippen LogP contribution < -0.4 is 10.6 Å². The van der Waals surface area contributed by atoms with Crippen LogP contribution in [0.3, 0.4) is 0 Å². The van der Waals surface area contributed by atoms with E-state index in [1.54, 1.807) is 30.7 Å². The van der Waals surface area contributed by atoms with Crippen LogP contribution in [0.5, 0.6) is 0 Å². The number of furan rings is 1. The third-order valence-electron chi connectivity index (χ3n) is 9.02. The number of rotatable bonds is 7. The summed E-state index contributed by atoms with van der Waals surface area (Å²) in [7, 11) is 0. The predicted molar refractivity (Wildman–Crippen MR) is 162 cm³/mol. The molecule has 0 bridgehead atoms. The highest BCUT2D eigenvalue weighted by molar-refractivity contribution is 6.06. The summed E-state index contributed by atoms with van der Waals surface area (Å²) in [6.45, 7) is 0. The van der Waals surface area contributed by atoms with Crippen molar-refractivity contribution in [3.63, 3.8) is 0 Å². The van der Waals surface area contributed by atoms with E-state index in [4.69, 9.17) is 9.40 Å². The Morgan fingerprint density at radius 2 is 1.79 bits per heavy atom. The largest absolute Gasteiger partial charge is 0.477 e. The lowest BCUT2D eigenvalue weighted by Gasteiger charge is -2.29. The summed E-state index contributed by atoms with van der Waals surface area (Å²) in [5, 5.41) is 16.0. The lowest BCUT2D eigenvalue weighted by atomic mass is 9.94. The molecule has 0 unspecified atom stereocenters. The molecule has 10 nitrogen and oxygen atoms in total. The highest BCUT2D eigenvalue weighted by Crippen LogP contribution is 2.37.